The molecule has 3 atom stereocenters. The number of fused-ring (bicyclic) bond motifs is 1. The van der Waals surface area contributed by atoms with Gasteiger partial charge in [0.2, 0.25) is 11.8 Å². The second kappa shape index (κ2) is 11.6. The van der Waals surface area contributed by atoms with Crippen LogP contribution in [0.5, 0.6) is 5.75 Å². The molecule has 0 N–H and O–H groups in total. The summed E-state index contributed by atoms with van der Waals surface area (Å²) in [7, 11) is 1.66. The van der Waals surface area contributed by atoms with Crippen LogP contribution in [0, 0.1) is 0 Å². The maximum Gasteiger partial charge on any atom is 0.246 e. The number of likely N-dealkylation sites (tertiary alicyclic amines) is 1. The maximum atomic E-state index is 14.4. The highest BCUT2D eigenvalue weighted by Crippen LogP contribution is 2.42. The molecule has 3 heterocycles. The average molecular weight is 634 g/mol. The molecule has 39 heavy (non-hydrogen) atoms. The number of hydrogen-bond donors (Lipinski definition) is 0. The number of halogens is 2. The van der Waals surface area contributed by atoms with E-state index in [9.17, 15) is 9.59 Å². The van der Waals surface area contributed by atoms with Crippen LogP contribution in [0.3, 0.4) is 0 Å². The Morgan fingerprint density at radius 2 is 1.74 bits per heavy atom. The van der Waals surface area contributed by atoms with Gasteiger partial charge in [0.1, 0.15) is 24.0 Å². The zero-order valence-corrected chi connectivity index (χ0v) is 25.3. The van der Waals surface area contributed by atoms with E-state index in [-0.39, 0.29) is 30.1 Å². The third-order valence-electron chi connectivity index (χ3n) is 8.31. The van der Waals surface area contributed by atoms with Gasteiger partial charge in [-0.2, -0.15) is 0 Å². The fourth-order valence-electron chi connectivity index (χ4n) is 6.14. The molecule has 2 aromatic rings. The van der Waals surface area contributed by atoms with E-state index in [1.807, 2.05) is 52.3 Å². The summed E-state index contributed by atoms with van der Waals surface area (Å²) in [5.41, 5.74) is 1.05. The predicted octanol–water partition coefficient (Wildman–Crippen LogP) is 5.06. The summed E-state index contributed by atoms with van der Waals surface area (Å²) in [6, 6.07) is 13.2. The number of ether oxygens (including phenoxy) is 1. The van der Waals surface area contributed by atoms with Gasteiger partial charge < -0.3 is 14.5 Å². The van der Waals surface area contributed by atoms with E-state index < -0.39 is 6.04 Å². The number of benzene rings is 2. The molecule has 208 valence electrons. The van der Waals surface area contributed by atoms with E-state index >= 15 is 0 Å². The van der Waals surface area contributed by atoms with Gasteiger partial charge >= 0.3 is 0 Å². The minimum atomic E-state index is -0.532. The lowest BCUT2D eigenvalue weighted by Crippen LogP contribution is -2.74. The smallest absolute Gasteiger partial charge is 0.246 e. The lowest BCUT2D eigenvalue weighted by atomic mass is 9.96. The minimum absolute atomic E-state index is 0.0783. The minimum Gasteiger partial charge on any atom is -0.496 e. The Balaban J connectivity index is 1.38. The summed E-state index contributed by atoms with van der Waals surface area (Å²) in [4.78, 5) is 35.6. The van der Waals surface area contributed by atoms with Crippen molar-refractivity contribution in [3.05, 3.63) is 57.5 Å². The molecule has 0 spiro atoms. The van der Waals surface area contributed by atoms with E-state index in [1.54, 1.807) is 19.1 Å². The molecule has 1 saturated carbocycles. The highest BCUT2D eigenvalue weighted by atomic mass is 79.9. The quantitative estimate of drug-likeness (QED) is 0.398. The highest BCUT2D eigenvalue weighted by molar-refractivity contribution is 9.10. The summed E-state index contributed by atoms with van der Waals surface area (Å²) in [5.74, 6) is 0.914. The van der Waals surface area contributed by atoms with E-state index in [1.165, 1.54) is 6.42 Å². The predicted molar refractivity (Wildman–Crippen MR) is 157 cm³/mol. The van der Waals surface area contributed by atoms with Crippen LogP contribution in [-0.2, 0) is 16.0 Å². The van der Waals surface area contributed by atoms with Gasteiger partial charge in [-0.15, -0.1) is 0 Å². The zero-order chi connectivity index (χ0) is 27.1. The molecule has 0 radical (unpaired) electrons. The third kappa shape index (κ3) is 5.71. The molecule has 4 fully saturated rings. The van der Waals surface area contributed by atoms with E-state index in [2.05, 4.69) is 25.1 Å². The highest BCUT2D eigenvalue weighted by Gasteiger charge is 2.54. The Hall–Kier alpha value is -1.78. The Labute approximate surface area is 248 Å². The first kappa shape index (κ1) is 27.4. The number of piperidine rings is 1. The molecule has 3 aliphatic heterocycles. The summed E-state index contributed by atoms with van der Waals surface area (Å²) in [6.45, 7) is 2.94. The molecule has 2 amide bonds. The SMILES string of the molecule is COc1ccc(Cl)cc1SN1CC(N2CCCCC2)C(=O)N2C(Cc3ccc(Br)cc3)C(=O)N(C3CC3)CC12. The number of hydrogen-bond acceptors (Lipinski definition) is 6. The van der Waals surface area contributed by atoms with Crippen LogP contribution in [0.4, 0.5) is 0 Å². The first-order valence-corrected chi connectivity index (χ1v) is 15.8. The number of nitrogens with zero attached hydrogens (tertiary/aromatic N) is 4. The largest absolute Gasteiger partial charge is 0.496 e. The van der Waals surface area contributed by atoms with Crippen LogP contribution in [-0.4, -0.2) is 88.4 Å². The van der Waals surface area contributed by atoms with Crippen LogP contribution in [0.15, 0.2) is 51.8 Å². The van der Waals surface area contributed by atoms with Crippen molar-refractivity contribution in [1.29, 1.82) is 0 Å². The number of methoxy groups -OCH3 is 1. The van der Waals surface area contributed by atoms with Gasteiger partial charge in [0.05, 0.1) is 18.6 Å². The van der Waals surface area contributed by atoms with Gasteiger partial charge in [0, 0.05) is 28.5 Å². The molecule has 3 unspecified atom stereocenters. The van der Waals surface area contributed by atoms with E-state index in [4.69, 9.17) is 16.3 Å². The summed E-state index contributed by atoms with van der Waals surface area (Å²) in [6.07, 6.45) is 5.72. The molecular formula is C29H34BrClN4O3S. The Bertz CT molecular complexity index is 1220. The number of piperazine rings is 1. The van der Waals surface area contributed by atoms with Crippen molar-refractivity contribution in [3.8, 4) is 5.75 Å². The van der Waals surface area contributed by atoms with Crippen molar-refractivity contribution in [1.82, 2.24) is 19.0 Å². The van der Waals surface area contributed by atoms with Crippen molar-refractivity contribution in [3.63, 3.8) is 0 Å². The summed E-state index contributed by atoms with van der Waals surface area (Å²) < 4.78 is 8.98. The number of rotatable bonds is 7. The van der Waals surface area contributed by atoms with Crippen LogP contribution in [0.2, 0.25) is 5.02 Å². The monoisotopic (exact) mass is 632 g/mol. The molecule has 7 nitrogen and oxygen atoms in total. The second-order valence-electron chi connectivity index (χ2n) is 10.9. The van der Waals surface area contributed by atoms with Crippen LogP contribution in [0.25, 0.3) is 0 Å². The lowest BCUT2D eigenvalue weighted by molar-refractivity contribution is -0.170. The van der Waals surface area contributed by atoms with E-state index in [0.29, 0.717) is 24.5 Å². The molecule has 6 rings (SSSR count). The topological polar surface area (TPSA) is 56.3 Å². The fourth-order valence-corrected chi connectivity index (χ4v) is 7.82. The van der Waals surface area contributed by atoms with Crippen molar-refractivity contribution in [2.75, 3.05) is 33.3 Å². The third-order valence-corrected chi connectivity index (χ3v) is 10.2. The Morgan fingerprint density at radius 3 is 2.44 bits per heavy atom. The van der Waals surface area contributed by atoms with Gasteiger partial charge in [-0.05, 0) is 86.6 Å². The normalized spacial score (nSPS) is 26.6. The summed E-state index contributed by atoms with van der Waals surface area (Å²) >= 11 is 11.5. The molecule has 4 aliphatic rings. The van der Waals surface area contributed by atoms with Gasteiger partial charge in [-0.1, -0.05) is 46.1 Å². The van der Waals surface area contributed by atoms with Crippen molar-refractivity contribution >= 4 is 51.3 Å². The molecule has 2 aromatic carbocycles. The Morgan fingerprint density at radius 1 is 1.00 bits per heavy atom. The molecule has 10 heteroatoms. The van der Waals surface area contributed by atoms with E-state index in [0.717, 1.165) is 59.5 Å². The average Bonchev–Trinajstić information content (AvgIpc) is 3.78. The van der Waals surface area contributed by atoms with Gasteiger partial charge in [0.15, 0.2) is 0 Å². The summed E-state index contributed by atoms with van der Waals surface area (Å²) in [5, 5.41) is 0.641. The number of carbonyl (C=O) groups is 2. The van der Waals surface area contributed by atoms with Crippen LogP contribution < -0.4 is 4.74 Å². The number of amides is 2. The van der Waals surface area contributed by atoms with Crippen LogP contribution in [0.1, 0.15) is 37.7 Å². The molecule has 0 bridgehead atoms. The zero-order valence-electron chi connectivity index (χ0n) is 22.1. The van der Waals surface area contributed by atoms with Crippen LogP contribution >= 0.6 is 39.5 Å². The molecule has 0 aromatic heterocycles. The fraction of sp³-hybridized carbons (Fsp3) is 0.517. The molecular weight excluding hydrogens is 600 g/mol. The first-order valence-electron chi connectivity index (χ1n) is 13.8. The Kier molecular flexibility index (Phi) is 8.15. The second-order valence-corrected chi connectivity index (χ2v) is 13.3. The lowest BCUT2D eigenvalue weighted by Gasteiger charge is -2.55. The maximum absolute atomic E-state index is 14.4. The van der Waals surface area contributed by atoms with Gasteiger partial charge in [-0.3, -0.25) is 14.5 Å². The van der Waals surface area contributed by atoms with Crippen molar-refractivity contribution < 1.29 is 14.3 Å². The molecule has 3 saturated heterocycles. The number of carbonyl (C=O) groups excluding carboxylic acids is 2. The van der Waals surface area contributed by atoms with Gasteiger partial charge in [-0.25, -0.2) is 4.31 Å². The van der Waals surface area contributed by atoms with Crippen molar-refractivity contribution in [2.45, 2.75) is 67.7 Å². The van der Waals surface area contributed by atoms with Gasteiger partial charge in [0.25, 0.3) is 0 Å². The first-order chi connectivity index (χ1) is 18.9. The van der Waals surface area contributed by atoms with Crippen molar-refractivity contribution in [2.24, 2.45) is 0 Å². The standard InChI is InChI=1S/C29H34BrClN4O3S/c1-38-25-12-9-21(31)16-26(25)39-34-17-24(32-13-3-2-4-14-32)29(37)35-23(15-19-5-7-20(30)8-6-19)28(36)33(18-27(34)35)22-10-11-22/h5-9,12,16,22-24,27H,2-4,10-11,13-15,17-18H2,1H3. The molecule has 1 aliphatic carbocycles.